The van der Waals surface area contributed by atoms with Gasteiger partial charge >= 0.3 is 6.36 Å². The number of ether oxygens (including phenoxy) is 2. The number of aromatic nitrogens is 3. The molecule has 0 saturated heterocycles. The second-order valence-electron chi connectivity index (χ2n) is 5.90. The number of hydrogen-bond donors (Lipinski definition) is 1. The maximum absolute atomic E-state index is 12.2. The summed E-state index contributed by atoms with van der Waals surface area (Å²) in [6.07, 6.45) is -0.0297. The smallest absolute Gasteiger partial charge is 0.406 e. The highest BCUT2D eigenvalue weighted by molar-refractivity contribution is 5.94. The first-order valence-corrected chi connectivity index (χ1v) is 8.50. The van der Waals surface area contributed by atoms with Gasteiger partial charge in [0, 0.05) is 31.6 Å². The number of hydrogen-bond acceptors (Lipinski definition) is 5. The molecule has 0 unspecified atom stereocenters. The van der Waals surface area contributed by atoms with Crippen LogP contribution in [0.3, 0.4) is 0 Å². The Bertz CT molecular complexity index is 954. The lowest BCUT2D eigenvalue weighted by Crippen LogP contribution is -2.26. The zero-order valence-corrected chi connectivity index (χ0v) is 15.3. The van der Waals surface area contributed by atoms with Gasteiger partial charge in [0.05, 0.1) is 29.7 Å². The second kappa shape index (κ2) is 8.74. The zero-order valence-electron chi connectivity index (χ0n) is 15.3. The van der Waals surface area contributed by atoms with Crippen molar-refractivity contribution in [2.45, 2.75) is 6.36 Å². The van der Waals surface area contributed by atoms with E-state index >= 15 is 0 Å². The van der Waals surface area contributed by atoms with Gasteiger partial charge in [-0.15, -0.1) is 13.2 Å². The van der Waals surface area contributed by atoms with E-state index in [1.165, 1.54) is 35.1 Å². The fraction of sp³-hybridized carbons (Fsp3) is 0.211. The van der Waals surface area contributed by atoms with Crippen molar-refractivity contribution in [1.29, 1.82) is 0 Å². The molecule has 0 aliphatic carbocycles. The van der Waals surface area contributed by atoms with E-state index in [0.717, 1.165) is 0 Å². The van der Waals surface area contributed by atoms with Crippen molar-refractivity contribution < 1.29 is 27.4 Å². The van der Waals surface area contributed by atoms with Gasteiger partial charge in [-0.2, -0.15) is 5.10 Å². The zero-order chi connectivity index (χ0) is 20.9. The van der Waals surface area contributed by atoms with Crippen LogP contribution in [0, 0.1) is 0 Å². The molecule has 0 bridgehead atoms. The van der Waals surface area contributed by atoms with E-state index < -0.39 is 6.36 Å². The quantitative estimate of drug-likeness (QED) is 0.610. The summed E-state index contributed by atoms with van der Waals surface area (Å²) in [6, 6.07) is 8.66. The van der Waals surface area contributed by atoms with Crippen LogP contribution in [0.15, 0.2) is 55.0 Å². The number of alkyl halides is 3. The molecule has 3 aromatic rings. The maximum Gasteiger partial charge on any atom is 0.573 e. The lowest BCUT2D eigenvalue weighted by atomic mass is 10.2. The largest absolute Gasteiger partial charge is 0.573 e. The maximum atomic E-state index is 12.2. The minimum atomic E-state index is -4.74. The summed E-state index contributed by atoms with van der Waals surface area (Å²) in [5.74, 6) is -0.562. The average Bonchev–Trinajstić information content (AvgIpc) is 3.18. The van der Waals surface area contributed by atoms with Gasteiger partial charge in [-0.3, -0.25) is 9.78 Å². The number of benzene rings is 1. The van der Waals surface area contributed by atoms with E-state index in [1.54, 1.807) is 31.6 Å². The number of carbonyl (C=O) groups is 1. The number of pyridine rings is 1. The predicted molar refractivity (Wildman–Crippen MR) is 97.7 cm³/mol. The van der Waals surface area contributed by atoms with Gasteiger partial charge in [0.1, 0.15) is 5.75 Å². The number of rotatable bonds is 7. The number of amides is 1. The fourth-order valence-corrected chi connectivity index (χ4v) is 2.46. The Hall–Kier alpha value is -3.40. The molecule has 1 aromatic carbocycles. The highest BCUT2D eigenvalue weighted by Crippen LogP contribution is 2.24. The van der Waals surface area contributed by atoms with Gasteiger partial charge in [0.15, 0.2) is 0 Å². The van der Waals surface area contributed by atoms with E-state index in [1.807, 2.05) is 0 Å². The Labute approximate surface area is 164 Å². The molecule has 3 rings (SSSR count). The molecule has 2 heterocycles. The molecule has 0 spiro atoms. The number of nitrogens with one attached hydrogen (secondary N) is 1. The molecule has 0 saturated carbocycles. The monoisotopic (exact) mass is 406 g/mol. The molecule has 0 radical (unpaired) electrons. The summed E-state index contributed by atoms with van der Waals surface area (Å²) < 4.78 is 46.9. The van der Waals surface area contributed by atoms with Gasteiger partial charge in [0.2, 0.25) is 0 Å². The van der Waals surface area contributed by atoms with E-state index in [2.05, 4.69) is 20.1 Å². The van der Waals surface area contributed by atoms with Gasteiger partial charge < -0.3 is 14.8 Å². The summed E-state index contributed by atoms with van der Waals surface area (Å²) in [5, 5.41) is 6.90. The SMILES string of the molecule is COCCNC(=O)c1ccc(-c2cnn(-c3ccc(OC(F)(F)F)cc3)c2)nc1. The highest BCUT2D eigenvalue weighted by atomic mass is 19.4. The van der Waals surface area contributed by atoms with E-state index in [4.69, 9.17) is 4.74 Å². The topological polar surface area (TPSA) is 78.3 Å². The lowest BCUT2D eigenvalue weighted by molar-refractivity contribution is -0.274. The third kappa shape index (κ3) is 5.55. The lowest BCUT2D eigenvalue weighted by Gasteiger charge is -2.09. The molecule has 0 aliphatic rings. The molecule has 0 fully saturated rings. The second-order valence-corrected chi connectivity index (χ2v) is 5.90. The van der Waals surface area contributed by atoms with Crippen LogP contribution >= 0.6 is 0 Å². The third-order valence-electron chi connectivity index (χ3n) is 3.83. The Balaban J connectivity index is 1.69. The average molecular weight is 406 g/mol. The summed E-state index contributed by atoms with van der Waals surface area (Å²) in [4.78, 5) is 16.2. The van der Waals surface area contributed by atoms with Crippen molar-refractivity contribution in [2.75, 3.05) is 20.3 Å². The Kier molecular flexibility index (Phi) is 6.13. The first kappa shape index (κ1) is 20.3. The summed E-state index contributed by atoms with van der Waals surface area (Å²) in [7, 11) is 1.55. The van der Waals surface area contributed by atoms with Crippen LogP contribution in [-0.4, -0.2) is 47.3 Å². The van der Waals surface area contributed by atoms with Crippen LogP contribution in [0.25, 0.3) is 16.9 Å². The molecule has 7 nitrogen and oxygen atoms in total. The van der Waals surface area contributed by atoms with Crippen molar-refractivity contribution >= 4 is 5.91 Å². The minimum Gasteiger partial charge on any atom is -0.406 e. The van der Waals surface area contributed by atoms with Gasteiger partial charge in [-0.25, -0.2) is 4.68 Å². The highest BCUT2D eigenvalue weighted by Gasteiger charge is 2.30. The Morgan fingerprint density at radius 1 is 1.14 bits per heavy atom. The molecule has 0 atom stereocenters. The minimum absolute atomic E-state index is 0.252. The molecule has 1 N–H and O–H groups in total. The van der Waals surface area contributed by atoms with Gasteiger partial charge in [-0.05, 0) is 36.4 Å². The summed E-state index contributed by atoms with van der Waals surface area (Å²) in [5.41, 5.74) is 2.26. The van der Waals surface area contributed by atoms with Crippen LogP contribution in [0.4, 0.5) is 13.2 Å². The summed E-state index contributed by atoms with van der Waals surface area (Å²) >= 11 is 0. The van der Waals surface area contributed by atoms with Crippen molar-refractivity contribution in [2.24, 2.45) is 0 Å². The molecular formula is C19H17F3N4O3. The first-order chi connectivity index (χ1) is 13.9. The number of methoxy groups -OCH3 is 1. The third-order valence-corrected chi connectivity index (χ3v) is 3.83. The Morgan fingerprint density at radius 3 is 2.52 bits per heavy atom. The Morgan fingerprint density at radius 2 is 1.90 bits per heavy atom. The van der Waals surface area contributed by atoms with Crippen LogP contribution in [0.1, 0.15) is 10.4 Å². The van der Waals surface area contributed by atoms with Crippen LogP contribution in [0.2, 0.25) is 0 Å². The van der Waals surface area contributed by atoms with Gasteiger partial charge in [-0.1, -0.05) is 0 Å². The van der Waals surface area contributed by atoms with E-state index in [-0.39, 0.29) is 11.7 Å². The van der Waals surface area contributed by atoms with Crippen molar-refractivity contribution in [3.8, 4) is 22.7 Å². The van der Waals surface area contributed by atoms with Gasteiger partial charge in [0.25, 0.3) is 5.91 Å². The van der Waals surface area contributed by atoms with Crippen molar-refractivity contribution in [3.63, 3.8) is 0 Å². The first-order valence-electron chi connectivity index (χ1n) is 8.50. The molecule has 1 amide bonds. The number of halogens is 3. The number of carbonyl (C=O) groups excluding carboxylic acids is 1. The molecular weight excluding hydrogens is 389 g/mol. The molecule has 152 valence electrons. The van der Waals surface area contributed by atoms with E-state index in [0.29, 0.717) is 35.7 Å². The van der Waals surface area contributed by atoms with Crippen LogP contribution in [-0.2, 0) is 4.74 Å². The molecule has 10 heteroatoms. The normalized spacial score (nSPS) is 11.3. The van der Waals surface area contributed by atoms with Crippen LogP contribution < -0.4 is 10.1 Å². The molecule has 29 heavy (non-hydrogen) atoms. The van der Waals surface area contributed by atoms with Crippen molar-refractivity contribution in [1.82, 2.24) is 20.1 Å². The fourth-order valence-electron chi connectivity index (χ4n) is 2.46. The van der Waals surface area contributed by atoms with E-state index in [9.17, 15) is 18.0 Å². The van der Waals surface area contributed by atoms with Crippen LogP contribution in [0.5, 0.6) is 5.75 Å². The summed E-state index contributed by atoms with van der Waals surface area (Å²) in [6.45, 7) is 0.816. The number of nitrogens with zero attached hydrogens (tertiary/aromatic N) is 3. The van der Waals surface area contributed by atoms with Crippen molar-refractivity contribution in [3.05, 3.63) is 60.6 Å². The predicted octanol–water partition coefficient (Wildman–Crippen LogP) is 3.21. The molecule has 2 aromatic heterocycles. The molecule has 0 aliphatic heterocycles. The standard InChI is InChI=1S/C19H17F3N4O3/c1-28-9-8-23-18(27)13-2-7-17(24-10-13)14-11-25-26(12-14)15-3-5-16(6-4-15)29-19(20,21)22/h2-7,10-12H,8-9H2,1H3,(H,23,27).